The van der Waals surface area contributed by atoms with Gasteiger partial charge in [0.1, 0.15) is 0 Å². The van der Waals surface area contributed by atoms with E-state index < -0.39 is 0 Å². The van der Waals surface area contributed by atoms with E-state index in [1.807, 2.05) is 0 Å². The highest BCUT2D eigenvalue weighted by Crippen LogP contribution is 2.12. The molecule has 1 nitrogen and oxygen atoms in total. The van der Waals surface area contributed by atoms with Crippen molar-refractivity contribution in [3.8, 4) is 0 Å². The second-order valence-electron chi connectivity index (χ2n) is 4.87. The first-order valence-electron chi connectivity index (χ1n) is 6.64. The van der Waals surface area contributed by atoms with Gasteiger partial charge in [-0.15, -0.1) is 0 Å². The topological polar surface area (TPSA) is 26.0 Å². The van der Waals surface area contributed by atoms with Gasteiger partial charge >= 0.3 is 0 Å². The number of allylic oxidation sites excluding steroid dienone is 1. The molecule has 0 amide bonds. The molecular weight excluding hydrogens is 182 g/mol. The highest BCUT2D eigenvalue weighted by Gasteiger charge is 1.94. The van der Waals surface area contributed by atoms with Gasteiger partial charge in [0.05, 0.1) is 0 Å². The molecule has 0 atom stereocenters. The lowest BCUT2D eigenvalue weighted by Gasteiger charge is -2.04. The molecule has 0 radical (unpaired) electrons. The quantitative estimate of drug-likeness (QED) is 0.524. The number of rotatable bonds is 10. The van der Waals surface area contributed by atoms with E-state index in [1.165, 1.54) is 51.4 Å². The Labute approximate surface area is 96.1 Å². The molecule has 0 saturated heterocycles. The number of nitrogens with two attached hydrogens (primary N) is 1. The first-order valence-corrected chi connectivity index (χ1v) is 6.64. The highest BCUT2D eigenvalue weighted by atomic mass is 14.5. The van der Waals surface area contributed by atoms with Crippen LogP contribution in [0.3, 0.4) is 0 Å². The van der Waals surface area contributed by atoms with Gasteiger partial charge in [-0.1, -0.05) is 64.9 Å². The Balaban J connectivity index is 2.92. The van der Waals surface area contributed by atoms with Crippen molar-refractivity contribution in [1.29, 1.82) is 0 Å². The van der Waals surface area contributed by atoms with Crippen LogP contribution >= 0.6 is 0 Å². The Kier molecular flexibility index (Phi) is 11.3. The molecule has 0 aliphatic carbocycles. The van der Waals surface area contributed by atoms with E-state index >= 15 is 0 Å². The van der Waals surface area contributed by atoms with Crippen LogP contribution in [0.25, 0.3) is 0 Å². The van der Waals surface area contributed by atoms with Crippen LogP contribution in [0.4, 0.5) is 0 Å². The highest BCUT2D eigenvalue weighted by molar-refractivity contribution is 4.74. The number of hydrogen-bond donors (Lipinski definition) is 1. The summed E-state index contributed by atoms with van der Waals surface area (Å²) in [5, 5.41) is 0. The third kappa shape index (κ3) is 13.5. The van der Waals surface area contributed by atoms with Crippen LogP contribution in [0.1, 0.15) is 71.6 Å². The molecule has 0 unspecified atom stereocenters. The van der Waals surface area contributed by atoms with Gasteiger partial charge < -0.3 is 5.73 Å². The van der Waals surface area contributed by atoms with E-state index in [1.54, 1.807) is 6.20 Å². The van der Waals surface area contributed by atoms with Crippen LogP contribution in [0, 0.1) is 5.92 Å². The van der Waals surface area contributed by atoms with Crippen LogP contribution in [0.2, 0.25) is 0 Å². The summed E-state index contributed by atoms with van der Waals surface area (Å²) in [6.45, 7) is 4.62. The molecule has 0 aromatic rings. The van der Waals surface area contributed by atoms with Gasteiger partial charge in [-0.2, -0.15) is 0 Å². The van der Waals surface area contributed by atoms with Crippen molar-refractivity contribution >= 4 is 0 Å². The maximum Gasteiger partial charge on any atom is -0.0103 e. The molecule has 0 heterocycles. The normalized spacial score (nSPS) is 11.7. The standard InChI is InChI=1S/C14H29N/c1-14(2)12-10-8-6-4-3-5-7-9-11-13-15/h11,13-14H,3-10,12,15H2,1-2H3. The fourth-order valence-corrected chi connectivity index (χ4v) is 1.79. The first-order chi connectivity index (χ1) is 7.27. The summed E-state index contributed by atoms with van der Waals surface area (Å²) in [7, 11) is 0. The van der Waals surface area contributed by atoms with Gasteiger partial charge in [-0.25, -0.2) is 0 Å². The minimum Gasteiger partial charge on any atom is -0.405 e. The molecule has 90 valence electrons. The molecule has 0 rings (SSSR count). The van der Waals surface area contributed by atoms with Crippen LogP contribution in [-0.2, 0) is 0 Å². The summed E-state index contributed by atoms with van der Waals surface area (Å²) >= 11 is 0. The van der Waals surface area contributed by atoms with E-state index in [0.29, 0.717) is 0 Å². The van der Waals surface area contributed by atoms with Crippen LogP contribution in [0.5, 0.6) is 0 Å². The monoisotopic (exact) mass is 211 g/mol. The third-order valence-electron chi connectivity index (χ3n) is 2.79. The Hall–Kier alpha value is -0.460. The maximum atomic E-state index is 5.27. The molecule has 0 aromatic heterocycles. The SMILES string of the molecule is CC(C)CCCCCCCCCC=CN. The van der Waals surface area contributed by atoms with E-state index in [4.69, 9.17) is 5.73 Å². The van der Waals surface area contributed by atoms with Crippen LogP contribution in [0.15, 0.2) is 12.3 Å². The lowest BCUT2D eigenvalue weighted by atomic mass is 10.0. The number of hydrogen-bond acceptors (Lipinski definition) is 1. The van der Waals surface area contributed by atoms with Crippen molar-refractivity contribution in [2.75, 3.05) is 0 Å². The average molecular weight is 211 g/mol. The molecule has 0 aliphatic heterocycles. The largest absolute Gasteiger partial charge is 0.405 e. The summed E-state index contributed by atoms with van der Waals surface area (Å²) in [4.78, 5) is 0. The Morgan fingerprint density at radius 1 is 0.867 bits per heavy atom. The van der Waals surface area contributed by atoms with Crippen molar-refractivity contribution in [3.05, 3.63) is 12.3 Å². The summed E-state index contributed by atoms with van der Waals surface area (Å²) in [5.74, 6) is 0.882. The Bertz CT molecular complexity index is 138. The minimum absolute atomic E-state index is 0.882. The second-order valence-corrected chi connectivity index (χ2v) is 4.87. The van der Waals surface area contributed by atoms with Gasteiger partial charge in [0.15, 0.2) is 0 Å². The smallest absolute Gasteiger partial charge is 0.0103 e. The molecule has 2 N–H and O–H groups in total. The first kappa shape index (κ1) is 14.5. The maximum absolute atomic E-state index is 5.27. The van der Waals surface area contributed by atoms with Gasteiger partial charge in [0.2, 0.25) is 0 Å². The number of unbranched alkanes of at least 4 members (excludes halogenated alkanes) is 7. The molecule has 0 saturated carbocycles. The predicted octanol–water partition coefficient (Wildman–Crippen LogP) is 4.63. The van der Waals surface area contributed by atoms with Crippen molar-refractivity contribution in [1.82, 2.24) is 0 Å². The van der Waals surface area contributed by atoms with Crippen LogP contribution < -0.4 is 5.73 Å². The fourth-order valence-electron chi connectivity index (χ4n) is 1.79. The van der Waals surface area contributed by atoms with E-state index in [-0.39, 0.29) is 0 Å². The van der Waals surface area contributed by atoms with Crippen LogP contribution in [-0.4, -0.2) is 0 Å². The van der Waals surface area contributed by atoms with E-state index in [9.17, 15) is 0 Å². The van der Waals surface area contributed by atoms with Gasteiger partial charge in [0, 0.05) is 0 Å². The van der Waals surface area contributed by atoms with Gasteiger partial charge in [0.25, 0.3) is 0 Å². The summed E-state index contributed by atoms with van der Waals surface area (Å²) in [6.07, 6.45) is 16.1. The van der Waals surface area contributed by atoms with E-state index in [0.717, 1.165) is 12.3 Å². The van der Waals surface area contributed by atoms with Gasteiger partial charge in [-0.05, 0) is 25.0 Å². The molecule has 0 aromatic carbocycles. The summed E-state index contributed by atoms with van der Waals surface area (Å²) in [5.41, 5.74) is 5.27. The molecule has 0 bridgehead atoms. The molecule has 0 spiro atoms. The van der Waals surface area contributed by atoms with Crippen molar-refractivity contribution in [2.45, 2.75) is 71.6 Å². The summed E-state index contributed by atoms with van der Waals surface area (Å²) in [6, 6.07) is 0. The van der Waals surface area contributed by atoms with Gasteiger partial charge in [-0.3, -0.25) is 0 Å². The average Bonchev–Trinajstić information content (AvgIpc) is 2.20. The third-order valence-corrected chi connectivity index (χ3v) is 2.79. The van der Waals surface area contributed by atoms with Crippen molar-refractivity contribution < 1.29 is 0 Å². The predicted molar refractivity (Wildman–Crippen MR) is 69.7 cm³/mol. The Morgan fingerprint density at radius 2 is 1.40 bits per heavy atom. The Morgan fingerprint density at radius 3 is 1.93 bits per heavy atom. The second kappa shape index (κ2) is 11.6. The zero-order chi connectivity index (χ0) is 11.4. The molecule has 0 fully saturated rings. The fraction of sp³-hybridized carbons (Fsp3) is 0.857. The van der Waals surface area contributed by atoms with E-state index in [2.05, 4.69) is 19.9 Å². The van der Waals surface area contributed by atoms with Crippen molar-refractivity contribution in [2.24, 2.45) is 11.7 Å². The summed E-state index contributed by atoms with van der Waals surface area (Å²) < 4.78 is 0. The zero-order valence-corrected chi connectivity index (χ0v) is 10.7. The minimum atomic E-state index is 0.882. The molecule has 15 heavy (non-hydrogen) atoms. The molecular formula is C14H29N. The van der Waals surface area contributed by atoms with Crippen molar-refractivity contribution in [3.63, 3.8) is 0 Å². The zero-order valence-electron chi connectivity index (χ0n) is 10.7. The molecule has 1 heteroatoms. The lowest BCUT2D eigenvalue weighted by molar-refractivity contribution is 0.509. The molecule has 0 aliphatic rings. The lowest BCUT2D eigenvalue weighted by Crippen LogP contribution is -1.87.